The van der Waals surface area contributed by atoms with Crippen LogP contribution in [0.25, 0.3) is 11.3 Å². The number of furan rings is 1. The first-order chi connectivity index (χ1) is 17.1. The van der Waals surface area contributed by atoms with Crippen LogP contribution in [0.5, 0.6) is 5.75 Å². The van der Waals surface area contributed by atoms with E-state index < -0.39 is 0 Å². The molecule has 0 unspecified atom stereocenters. The van der Waals surface area contributed by atoms with E-state index in [1.165, 1.54) is 6.26 Å². The van der Waals surface area contributed by atoms with Crippen molar-refractivity contribution >= 4 is 17.6 Å². The molecule has 1 aliphatic heterocycles. The molecule has 1 saturated carbocycles. The number of methoxy groups -OCH3 is 1. The maximum absolute atomic E-state index is 13.1. The predicted molar refractivity (Wildman–Crippen MR) is 130 cm³/mol. The molecule has 1 aromatic carbocycles. The number of ether oxygens (including phenoxy) is 1. The van der Waals surface area contributed by atoms with Crippen LogP contribution in [0.2, 0.25) is 0 Å². The van der Waals surface area contributed by atoms with Crippen molar-refractivity contribution in [3.63, 3.8) is 0 Å². The Kier molecular flexibility index (Phi) is 6.65. The highest BCUT2D eigenvalue weighted by molar-refractivity contribution is 5.94. The second-order valence-electron chi connectivity index (χ2n) is 8.87. The maximum atomic E-state index is 13.1. The summed E-state index contributed by atoms with van der Waals surface area (Å²) in [6.45, 7) is 2.77. The third-order valence-corrected chi connectivity index (χ3v) is 6.49. The molecule has 2 fully saturated rings. The van der Waals surface area contributed by atoms with E-state index in [1.54, 1.807) is 24.1 Å². The number of hydrogen-bond donors (Lipinski definition) is 0. The van der Waals surface area contributed by atoms with Crippen molar-refractivity contribution in [2.24, 2.45) is 0 Å². The summed E-state index contributed by atoms with van der Waals surface area (Å²) >= 11 is 0. The first-order valence-electron chi connectivity index (χ1n) is 12.0. The fourth-order valence-electron chi connectivity index (χ4n) is 4.35. The van der Waals surface area contributed by atoms with E-state index in [0.29, 0.717) is 19.6 Å². The molecule has 182 valence electrons. The van der Waals surface area contributed by atoms with E-state index in [9.17, 15) is 9.59 Å². The van der Waals surface area contributed by atoms with Crippen LogP contribution >= 0.6 is 0 Å². The summed E-state index contributed by atoms with van der Waals surface area (Å²) in [6, 6.07) is 15.1. The normalized spacial score (nSPS) is 16.0. The number of amides is 2. The molecule has 0 N–H and O–H groups in total. The van der Waals surface area contributed by atoms with Crippen molar-refractivity contribution in [2.45, 2.75) is 25.3 Å². The van der Waals surface area contributed by atoms with Gasteiger partial charge in [0.05, 0.1) is 19.1 Å². The molecule has 1 aliphatic carbocycles. The van der Waals surface area contributed by atoms with Gasteiger partial charge in [-0.2, -0.15) is 0 Å². The van der Waals surface area contributed by atoms with Gasteiger partial charge in [0.15, 0.2) is 11.6 Å². The van der Waals surface area contributed by atoms with Crippen molar-refractivity contribution in [2.75, 3.05) is 44.7 Å². The highest BCUT2D eigenvalue weighted by Gasteiger charge is 2.36. The first-order valence-corrected chi connectivity index (χ1v) is 12.0. The zero-order valence-electron chi connectivity index (χ0n) is 19.8. The van der Waals surface area contributed by atoms with Crippen molar-refractivity contribution in [1.82, 2.24) is 20.0 Å². The number of carbonyl (C=O) groups excluding carboxylic acids is 2. The largest absolute Gasteiger partial charge is 0.497 e. The van der Waals surface area contributed by atoms with Gasteiger partial charge in [0.2, 0.25) is 5.91 Å². The van der Waals surface area contributed by atoms with Gasteiger partial charge in [-0.25, -0.2) is 0 Å². The zero-order chi connectivity index (χ0) is 24.2. The van der Waals surface area contributed by atoms with Crippen LogP contribution in [0.1, 0.15) is 29.8 Å². The Labute approximate surface area is 204 Å². The van der Waals surface area contributed by atoms with Crippen LogP contribution in [0.15, 0.2) is 59.2 Å². The van der Waals surface area contributed by atoms with Gasteiger partial charge in [-0.3, -0.25) is 9.59 Å². The molecule has 3 aromatic rings. The molecular formula is C26H29N5O4. The highest BCUT2D eigenvalue weighted by atomic mass is 16.5. The van der Waals surface area contributed by atoms with Gasteiger partial charge < -0.3 is 23.9 Å². The van der Waals surface area contributed by atoms with Gasteiger partial charge in [-0.15, -0.1) is 10.2 Å². The Balaban J connectivity index is 1.19. The third kappa shape index (κ3) is 5.29. The Morgan fingerprint density at radius 3 is 2.51 bits per heavy atom. The van der Waals surface area contributed by atoms with Gasteiger partial charge in [-0.05, 0) is 67.8 Å². The molecule has 9 heteroatoms. The zero-order valence-corrected chi connectivity index (χ0v) is 19.8. The minimum Gasteiger partial charge on any atom is -0.497 e. The number of benzene rings is 1. The Hall–Kier alpha value is -3.88. The minimum atomic E-state index is -0.213. The van der Waals surface area contributed by atoms with Gasteiger partial charge in [-0.1, -0.05) is 0 Å². The van der Waals surface area contributed by atoms with Crippen molar-refractivity contribution < 1.29 is 18.7 Å². The summed E-state index contributed by atoms with van der Waals surface area (Å²) in [7, 11) is 1.64. The van der Waals surface area contributed by atoms with E-state index in [-0.39, 0.29) is 30.2 Å². The Morgan fingerprint density at radius 2 is 1.86 bits per heavy atom. The van der Waals surface area contributed by atoms with E-state index in [4.69, 9.17) is 9.15 Å². The van der Waals surface area contributed by atoms with E-state index in [0.717, 1.165) is 48.6 Å². The Morgan fingerprint density at radius 1 is 1.03 bits per heavy atom. The van der Waals surface area contributed by atoms with Crippen LogP contribution < -0.4 is 9.64 Å². The van der Waals surface area contributed by atoms with Crippen molar-refractivity contribution in [3.05, 3.63) is 60.6 Å². The minimum absolute atomic E-state index is 0.0282. The van der Waals surface area contributed by atoms with Crippen LogP contribution in [-0.4, -0.2) is 77.7 Å². The number of nitrogens with zero attached hydrogens (tertiary/aromatic N) is 5. The SMILES string of the molecule is COc1ccc(-c2ccc(N3CCCN(C(=O)CN(C(=O)c4ccco4)C4CC4)CC3)nn2)cc1. The molecule has 1 saturated heterocycles. The molecule has 2 aromatic heterocycles. The fraction of sp³-hybridized carbons (Fsp3) is 0.385. The molecule has 2 amide bonds. The second kappa shape index (κ2) is 10.2. The number of rotatable bonds is 7. The lowest BCUT2D eigenvalue weighted by Gasteiger charge is -2.26. The van der Waals surface area contributed by atoms with Crippen LogP contribution in [0, 0.1) is 0 Å². The molecular weight excluding hydrogens is 446 g/mol. The second-order valence-corrected chi connectivity index (χ2v) is 8.87. The quantitative estimate of drug-likeness (QED) is 0.519. The smallest absolute Gasteiger partial charge is 0.290 e. The molecule has 9 nitrogen and oxygen atoms in total. The van der Waals surface area contributed by atoms with Crippen LogP contribution in [0.3, 0.4) is 0 Å². The summed E-state index contributed by atoms with van der Waals surface area (Å²) in [5.74, 6) is 1.63. The molecule has 3 heterocycles. The number of aromatic nitrogens is 2. The lowest BCUT2D eigenvalue weighted by Crippen LogP contribution is -2.45. The first kappa shape index (κ1) is 22.9. The number of hydrogen-bond acceptors (Lipinski definition) is 7. The fourth-order valence-corrected chi connectivity index (χ4v) is 4.35. The highest BCUT2D eigenvalue weighted by Crippen LogP contribution is 2.28. The number of anilines is 1. The molecule has 0 bridgehead atoms. The van der Waals surface area contributed by atoms with Gasteiger partial charge in [0, 0.05) is 37.8 Å². The topological polar surface area (TPSA) is 92.0 Å². The average Bonchev–Trinajstić information content (AvgIpc) is 3.65. The summed E-state index contributed by atoms with van der Waals surface area (Å²) in [6.07, 6.45) is 4.16. The molecule has 0 atom stereocenters. The Bertz CT molecular complexity index is 1140. The monoisotopic (exact) mass is 475 g/mol. The van der Waals surface area contributed by atoms with Crippen LogP contribution in [0.4, 0.5) is 5.82 Å². The standard InChI is InChI=1S/C26H29N5O4/c1-34-21-9-5-19(6-10-21)22-11-12-24(28-27-22)29-13-3-14-30(16-15-29)25(32)18-31(20-7-8-20)26(33)23-4-2-17-35-23/h2,4-6,9-12,17,20H,3,7-8,13-16,18H2,1H3. The lowest BCUT2D eigenvalue weighted by molar-refractivity contribution is -0.131. The van der Waals surface area contributed by atoms with Gasteiger partial charge in [0.25, 0.3) is 5.91 Å². The maximum Gasteiger partial charge on any atom is 0.290 e. The molecule has 35 heavy (non-hydrogen) atoms. The summed E-state index contributed by atoms with van der Waals surface area (Å²) in [5, 5.41) is 8.85. The summed E-state index contributed by atoms with van der Waals surface area (Å²) in [5.41, 5.74) is 1.77. The summed E-state index contributed by atoms with van der Waals surface area (Å²) in [4.78, 5) is 31.6. The van der Waals surface area contributed by atoms with E-state index in [1.807, 2.05) is 41.3 Å². The third-order valence-electron chi connectivity index (χ3n) is 6.49. The van der Waals surface area contributed by atoms with Gasteiger partial charge in [0.1, 0.15) is 12.3 Å². The predicted octanol–water partition coefficient (Wildman–Crippen LogP) is 3.09. The van der Waals surface area contributed by atoms with Crippen molar-refractivity contribution in [1.29, 1.82) is 0 Å². The van der Waals surface area contributed by atoms with E-state index in [2.05, 4.69) is 15.1 Å². The molecule has 0 spiro atoms. The molecule has 0 radical (unpaired) electrons. The van der Waals surface area contributed by atoms with E-state index >= 15 is 0 Å². The number of carbonyl (C=O) groups is 2. The lowest BCUT2D eigenvalue weighted by atomic mass is 10.1. The van der Waals surface area contributed by atoms with Crippen molar-refractivity contribution in [3.8, 4) is 17.0 Å². The molecule has 5 rings (SSSR count). The average molecular weight is 476 g/mol. The van der Waals surface area contributed by atoms with Gasteiger partial charge >= 0.3 is 0 Å². The summed E-state index contributed by atoms with van der Waals surface area (Å²) < 4.78 is 10.5. The molecule has 2 aliphatic rings. The van der Waals surface area contributed by atoms with Crippen LogP contribution in [-0.2, 0) is 4.79 Å².